The van der Waals surface area contributed by atoms with Crippen molar-refractivity contribution in [2.24, 2.45) is 0 Å². The van der Waals surface area contributed by atoms with E-state index in [1.165, 1.54) is 11.1 Å². The molecule has 0 amide bonds. The molecule has 0 radical (unpaired) electrons. The third kappa shape index (κ3) is 5.13. The first-order chi connectivity index (χ1) is 10.1. The van der Waals surface area contributed by atoms with Crippen LogP contribution in [0.25, 0.3) is 0 Å². The Morgan fingerprint density at radius 1 is 1.05 bits per heavy atom. The zero-order valence-corrected chi connectivity index (χ0v) is 15.4. The normalized spacial score (nSPS) is 10.9. The fourth-order valence-electron chi connectivity index (χ4n) is 1.93. The summed E-state index contributed by atoms with van der Waals surface area (Å²) in [5.74, 6) is 0.852. The van der Waals surface area contributed by atoms with Crippen molar-refractivity contribution >= 4 is 31.9 Å². The topological polar surface area (TPSA) is 21.3 Å². The van der Waals surface area contributed by atoms with Crippen LogP contribution in [-0.4, -0.2) is 6.04 Å². The summed E-state index contributed by atoms with van der Waals surface area (Å²) in [6, 6.07) is 14.8. The second-order valence-corrected chi connectivity index (χ2v) is 6.94. The van der Waals surface area contributed by atoms with Gasteiger partial charge in [-0.15, -0.1) is 0 Å². The van der Waals surface area contributed by atoms with Gasteiger partial charge >= 0.3 is 0 Å². The Morgan fingerprint density at radius 3 is 2.43 bits per heavy atom. The van der Waals surface area contributed by atoms with Crippen LogP contribution < -0.4 is 10.1 Å². The summed E-state index contributed by atoms with van der Waals surface area (Å²) >= 11 is 6.97. The lowest BCUT2D eigenvalue weighted by molar-refractivity contribution is 0.302. The maximum atomic E-state index is 5.93. The van der Waals surface area contributed by atoms with Gasteiger partial charge in [0.15, 0.2) is 0 Å². The summed E-state index contributed by atoms with van der Waals surface area (Å²) in [7, 11) is 0. The molecule has 0 saturated carbocycles. The molecule has 0 bridgehead atoms. The molecule has 0 aliphatic heterocycles. The van der Waals surface area contributed by atoms with Gasteiger partial charge in [-0.25, -0.2) is 0 Å². The number of rotatable bonds is 6. The lowest BCUT2D eigenvalue weighted by atomic mass is 10.1. The Labute approximate surface area is 143 Å². The molecule has 0 atom stereocenters. The molecule has 0 heterocycles. The first-order valence-corrected chi connectivity index (χ1v) is 8.53. The fourth-order valence-corrected chi connectivity index (χ4v) is 3.09. The molecule has 0 unspecified atom stereocenters. The minimum Gasteiger partial charge on any atom is -0.488 e. The largest absolute Gasteiger partial charge is 0.488 e. The van der Waals surface area contributed by atoms with E-state index in [9.17, 15) is 0 Å². The Morgan fingerprint density at radius 2 is 1.76 bits per heavy atom. The summed E-state index contributed by atoms with van der Waals surface area (Å²) < 4.78 is 7.91. The van der Waals surface area contributed by atoms with Gasteiger partial charge in [-0.3, -0.25) is 0 Å². The zero-order valence-electron chi connectivity index (χ0n) is 12.2. The molecule has 0 saturated heterocycles. The maximum absolute atomic E-state index is 5.93. The second-order valence-electron chi connectivity index (χ2n) is 5.17. The average molecular weight is 413 g/mol. The molecule has 0 fully saturated rings. The van der Waals surface area contributed by atoms with Crippen LogP contribution in [0, 0.1) is 0 Å². The summed E-state index contributed by atoms with van der Waals surface area (Å²) in [6.45, 7) is 5.73. The van der Waals surface area contributed by atoms with Crippen molar-refractivity contribution < 1.29 is 4.74 Å². The van der Waals surface area contributed by atoms with Crippen molar-refractivity contribution in [3.05, 3.63) is 62.5 Å². The van der Waals surface area contributed by atoms with E-state index in [0.717, 1.165) is 21.2 Å². The van der Waals surface area contributed by atoms with Gasteiger partial charge in [0.1, 0.15) is 12.4 Å². The molecule has 2 aromatic carbocycles. The molecule has 21 heavy (non-hydrogen) atoms. The van der Waals surface area contributed by atoms with Gasteiger partial charge in [0.25, 0.3) is 0 Å². The van der Waals surface area contributed by atoms with Gasteiger partial charge in [-0.1, -0.05) is 54.0 Å². The van der Waals surface area contributed by atoms with Crippen LogP contribution in [0.15, 0.2) is 51.4 Å². The van der Waals surface area contributed by atoms with Gasteiger partial charge in [-0.05, 0) is 45.3 Å². The Bertz CT molecular complexity index is 599. The quantitative estimate of drug-likeness (QED) is 0.695. The van der Waals surface area contributed by atoms with Crippen LogP contribution in [0.4, 0.5) is 0 Å². The van der Waals surface area contributed by atoms with Crippen molar-refractivity contribution in [1.82, 2.24) is 5.32 Å². The van der Waals surface area contributed by atoms with Crippen molar-refractivity contribution in [2.75, 3.05) is 0 Å². The van der Waals surface area contributed by atoms with Crippen LogP contribution in [-0.2, 0) is 13.2 Å². The third-order valence-corrected chi connectivity index (χ3v) is 4.21. The predicted octanol–water partition coefficient (Wildman–Crippen LogP) is 5.29. The lowest BCUT2D eigenvalue weighted by Crippen LogP contribution is -2.22. The van der Waals surface area contributed by atoms with E-state index in [1.54, 1.807) is 0 Å². The monoisotopic (exact) mass is 411 g/mol. The standard InChI is InChI=1S/C17H19Br2NO/c1-12(2)20-10-13-5-3-4-6-14(13)11-21-17-8-7-15(18)9-16(17)19/h3-9,12,20H,10-11H2,1-2H3. The van der Waals surface area contributed by atoms with Crippen molar-refractivity contribution in [1.29, 1.82) is 0 Å². The van der Waals surface area contributed by atoms with E-state index in [4.69, 9.17) is 4.74 Å². The molecule has 0 aromatic heterocycles. The molecular weight excluding hydrogens is 394 g/mol. The van der Waals surface area contributed by atoms with Crippen molar-refractivity contribution in [2.45, 2.75) is 33.0 Å². The third-order valence-electron chi connectivity index (χ3n) is 3.10. The number of hydrogen-bond donors (Lipinski definition) is 1. The molecule has 4 heteroatoms. The van der Waals surface area contributed by atoms with Gasteiger partial charge in [0.2, 0.25) is 0 Å². The highest BCUT2D eigenvalue weighted by molar-refractivity contribution is 9.11. The predicted molar refractivity (Wildman–Crippen MR) is 94.6 cm³/mol. The van der Waals surface area contributed by atoms with E-state index in [-0.39, 0.29) is 0 Å². The first-order valence-electron chi connectivity index (χ1n) is 6.94. The average Bonchev–Trinajstić information content (AvgIpc) is 2.45. The first kappa shape index (κ1) is 16.5. The lowest BCUT2D eigenvalue weighted by Gasteiger charge is -2.14. The summed E-state index contributed by atoms with van der Waals surface area (Å²) in [5.41, 5.74) is 2.49. The van der Waals surface area contributed by atoms with Crippen LogP contribution >= 0.6 is 31.9 Å². The molecule has 112 valence electrons. The van der Waals surface area contributed by atoms with E-state index in [0.29, 0.717) is 12.6 Å². The van der Waals surface area contributed by atoms with Gasteiger partial charge < -0.3 is 10.1 Å². The smallest absolute Gasteiger partial charge is 0.134 e. The highest BCUT2D eigenvalue weighted by Crippen LogP contribution is 2.29. The van der Waals surface area contributed by atoms with E-state index in [1.807, 2.05) is 24.3 Å². The molecule has 2 nitrogen and oxygen atoms in total. The molecule has 0 spiro atoms. The fraction of sp³-hybridized carbons (Fsp3) is 0.294. The van der Waals surface area contributed by atoms with Crippen molar-refractivity contribution in [3.63, 3.8) is 0 Å². The highest BCUT2D eigenvalue weighted by atomic mass is 79.9. The van der Waals surface area contributed by atoms with Gasteiger partial charge in [-0.2, -0.15) is 0 Å². The van der Waals surface area contributed by atoms with Crippen LogP contribution in [0.3, 0.4) is 0 Å². The van der Waals surface area contributed by atoms with Crippen LogP contribution in [0.5, 0.6) is 5.75 Å². The number of ether oxygens (including phenoxy) is 1. The molecule has 2 rings (SSSR count). The van der Waals surface area contributed by atoms with E-state index < -0.39 is 0 Å². The molecule has 2 aromatic rings. The van der Waals surface area contributed by atoms with Crippen LogP contribution in [0.2, 0.25) is 0 Å². The maximum Gasteiger partial charge on any atom is 0.134 e. The molecular formula is C17H19Br2NO. The summed E-state index contributed by atoms with van der Waals surface area (Å²) in [5, 5.41) is 3.45. The molecule has 0 aliphatic rings. The van der Waals surface area contributed by atoms with Crippen molar-refractivity contribution in [3.8, 4) is 5.75 Å². The SMILES string of the molecule is CC(C)NCc1ccccc1COc1ccc(Br)cc1Br. The van der Waals surface area contributed by atoms with Gasteiger partial charge in [0, 0.05) is 17.1 Å². The highest BCUT2D eigenvalue weighted by Gasteiger charge is 2.06. The Hall–Kier alpha value is -0.840. The Kier molecular flexibility index (Phi) is 6.27. The Balaban J connectivity index is 2.05. The summed E-state index contributed by atoms with van der Waals surface area (Å²) in [4.78, 5) is 0. The number of halogens is 2. The van der Waals surface area contributed by atoms with E-state index >= 15 is 0 Å². The van der Waals surface area contributed by atoms with E-state index in [2.05, 4.69) is 69.2 Å². The number of hydrogen-bond acceptors (Lipinski definition) is 2. The second kappa shape index (κ2) is 7.97. The number of benzene rings is 2. The minimum atomic E-state index is 0.472. The van der Waals surface area contributed by atoms with Crippen LogP contribution in [0.1, 0.15) is 25.0 Å². The minimum absolute atomic E-state index is 0.472. The summed E-state index contributed by atoms with van der Waals surface area (Å²) in [6.07, 6.45) is 0. The molecule has 0 aliphatic carbocycles. The van der Waals surface area contributed by atoms with Gasteiger partial charge in [0.05, 0.1) is 4.47 Å². The molecule has 1 N–H and O–H groups in total. The zero-order chi connectivity index (χ0) is 15.2. The number of nitrogens with one attached hydrogen (secondary N) is 1.